The summed E-state index contributed by atoms with van der Waals surface area (Å²) < 4.78 is 45.1. The second kappa shape index (κ2) is 8.21. The molecule has 2 aromatic carbocycles. The number of hydrogen-bond acceptors (Lipinski definition) is 3. The van der Waals surface area contributed by atoms with E-state index in [4.69, 9.17) is 17.0 Å². The molecule has 0 radical (unpaired) electrons. The molecule has 26 heavy (non-hydrogen) atoms. The van der Waals surface area contributed by atoms with Crippen LogP contribution in [0.2, 0.25) is 0 Å². The highest BCUT2D eigenvalue weighted by Gasteiger charge is 2.34. The Kier molecular flexibility index (Phi) is 6.45. The highest BCUT2D eigenvalue weighted by Crippen LogP contribution is 2.35. The minimum absolute atomic E-state index is 0.232. The Morgan fingerprint density at radius 1 is 1.23 bits per heavy atom. The van der Waals surface area contributed by atoms with Crippen molar-refractivity contribution in [1.82, 2.24) is 5.32 Å². The highest BCUT2D eigenvalue weighted by molar-refractivity contribution is 14.1. The van der Waals surface area contributed by atoms with Gasteiger partial charge in [0.1, 0.15) is 5.75 Å². The molecule has 1 amide bonds. The van der Waals surface area contributed by atoms with Gasteiger partial charge in [0.15, 0.2) is 5.11 Å². The first-order valence-electron chi connectivity index (χ1n) is 7.26. The average Bonchev–Trinajstić information content (AvgIpc) is 2.55. The number of thiocarbonyl (C=S) groups is 1. The fourth-order valence-corrected chi connectivity index (χ4v) is 2.98. The summed E-state index contributed by atoms with van der Waals surface area (Å²) in [6.07, 6.45) is -4.55. The number of anilines is 1. The van der Waals surface area contributed by atoms with Crippen molar-refractivity contribution in [2.75, 3.05) is 12.4 Å². The van der Waals surface area contributed by atoms with Crippen molar-refractivity contribution in [3.63, 3.8) is 0 Å². The van der Waals surface area contributed by atoms with Gasteiger partial charge in [0.2, 0.25) is 0 Å². The third-order valence-corrected chi connectivity index (χ3v) is 4.30. The van der Waals surface area contributed by atoms with E-state index in [-0.39, 0.29) is 16.4 Å². The molecule has 0 aliphatic rings. The Morgan fingerprint density at radius 3 is 2.54 bits per heavy atom. The van der Waals surface area contributed by atoms with Gasteiger partial charge in [-0.3, -0.25) is 10.1 Å². The molecule has 138 valence electrons. The summed E-state index contributed by atoms with van der Waals surface area (Å²) in [4.78, 5) is 12.4. The van der Waals surface area contributed by atoms with Crippen LogP contribution in [0, 0.1) is 10.5 Å². The van der Waals surface area contributed by atoms with Gasteiger partial charge in [0, 0.05) is 3.57 Å². The summed E-state index contributed by atoms with van der Waals surface area (Å²) in [7, 11) is 1.43. The lowest BCUT2D eigenvalue weighted by Crippen LogP contribution is -2.35. The number of hydrogen-bond donors (Lipinski definition) is 2. The molecule has 0 spiro atoms. The maximum atomic E-state index is 13.2. The summed E-state index contributed by atoms with van der Waals surface area (Å²) in [5.41, 5.74) is -0.125. The fourth-order valence-electron chi connectivity index (χ4n) is 2.29. The Hall–Kier alpha value is -1.88. The van der Waals surface area contributed by atoms with Crippen molar-refractivity contribution in [1.29, 1.82) is 0 Å². The Morgan fingerprint density at radius 2 is 1.92 bits per heavy atom. The number of rotatable bonds is 3. The first kappa shape index (κ1) is 20.4. The van der Waals surface area contributed by atoms with Gasteiger partial charge < -0.3 is 10.1 Å². The lowest BCUT2D eigenvalue weighted by molar-refractivity contribution is -0.137. The molecule has 0 bridgehead atoms. The molecule has 0 saturated carbocycles. The normalized spacial score (nSPS) is 11.0. The predicted octanol–water partition coefficient (Wildman–Crippen LogP) is 4.75. The molecule has 0 heterocycles. The molecule has 0 aliphatic heterocycles. The summed E-state index contributed by atoms with van der Waals surface area (Å²) in [6, 6.07) is 8.74. The predicted molar refractivity (Wildman–Crippen MR) is 106 cm³/mol. The Balaban J connectivity index is 2.20. The minimum atomic E-state index is -4.55. The molecule has 0 saturated heterocycles. The number of carbonyl (C=O) groups excluding carboxylic acids is 1. The quantitative estimate of drug-likeness (QED) is 0.478. The van der Waals surface area contributed by atoms with Crippen LogP contribution >= 0.6 is 34.8 Å². The van der Waals surface area contributed by atoms with Crippen LogP contribution in [0.1, 0.15) is 21.5 Å². The number of methoxy groups -OCH3 is 1. The highest BCUT2D eigenvalue weighted by atomic mass is 127. The topological polar surface area (TPSA) is 50.4 Å². The first-order valence-corrected chi connectivity index (χ1v) is 8.75. The summed E-state index contributed by atoms with van der Waals surface area (Å²) in [5, 5.41) is 4.56. The second-order valence-corrected chi connectivity index (χ2v) is 6.91. The second-order valence-electron chi connectivity index (χ2n) is 5.25. The van der Waals surface area contributed by atoms with Gasteiger partial charge in [-0.25, -0.2) is 0 Å². The zero-order chi connectivity index (χ0) is 19.5. The van der Waals surface area contributed by atoms with E-state index in [9.17, 15) is 18.0 Å². The summed E-state index contributed by atoms with van der Waals surface area (Å²) in [6.45, 7) is 1.77. The van der Waals surface area contributed by atoms with Gasteiger partial charge in [-0.1, -0.05) is 12.1 Å². The molecule has 0 aromatic heterocycles. The van der Waals surface area contributed by atoms with Crippen molar-refractivity contribution in [2.45, 2.75) is 13.1 Å². The van der Waals surface area contributed by atoms with Crippen LogP contribution in [0.5, 0.6) is 5.75 Å². The summed E-state index contributed by atoms with van der Waals surface area (Å²) in [5.74, 6) is -0.208. The van der Waals surface area contributed by atoms with Gasteiger partial charge in [-0.15, -0.1) is 0 Å². The number of ether oxygens (including phenoxy) is 1. The molecule has 4 nitrogen and oxygen atoms in total. The largest absolute Gasteiger partial charge is 0.496 e. The third kappa shape index (κ3) is 4.85. The standard InChI is InChI=1S/C17H14F3IN2O2S/c1-9-4-3-5-11(14(9)25-2)15(24)23-16(26)22-13-7-6-10(21)8-12(13)17(18,19)20/h3-8H,1-2H3,(H2,22,23,24,26). The van der Waals surface area contributed by atoms with E-state index < -0.39 is 17.6 Å². The molecule has 0 atom stereocenters. The smallest absolute Gasteiger partial charge is 0.418 e. The van der Waals surface area contributed by atoms with Gasteiger partial charge in [0.05, 0.1) is 23.9 Å². The molecule has 0 aliphatic carbocycles. The molecule has 0 unspecified atom stereocenters. The molecule has 2 N–H and O–H groups in total. The number of benzene rings is 2. The van der Waals surface area contributed by atoms with E-state index in [1.54, 1.807) is 41.6 Å². The van der Waals surface area contributed by atoms with E-state index in [1.165, 1.54) is 25.3 Å². The van der Waals surface area contributed by atoms with Gasteiger partial charge >= 0.3 is 6.18 Å². The van der Waals surface area contributed by atoms with Gasteiger partial charge in [0.25, 0.3) is 5.91 Å². The van der Waals surface area contributed by atoms with Crippen molar-refractivity contribution in [3.05, 3.63) is 56.7 Å². The molecule has 2 aromatic rings. The van der Waals surface area contributed by atoms with Crippen LogP contribution in [-0.2, 0) is 6.18 Å². The van der Waals surface area contributed by atoms with E-state index in [0.29, 0.717) is 9.32 Å². The minimum Gasteiger partial charge on any atom is -0.496 e. The summed E-state index contributed by atoms with van der Waals surface area (Å²) >= 11 is 6.78. The SMILES string of the molecule is COc1c(C)cccc1C(=O)NC(=S)Nc1ccc(I)cc1C(F)(F)F. The van der Waals surface area contributed by atoms with Crippen LogP contribution in [0.3, 0.4) is 0 Å². The number of nitrogens with one attached hydrogen (secondary N) is 2. The van der Waals surface area contributed by atoms with Gasteiger partial charge in [-0.05, 0) is 71.6 Å². The van der Waals surface area contributed by atoms with Crippen LogP contribution in [0.4, 0.5) is 18.9 Å². The fraction of sp³-hybridized carbons (Fsp3) is 0.176. The molecule has 0 fully saturated rings. The number of halogens is 4. The van der Waals surface area contributed by atoms with E-state index in [1.807, 2.05) is 0 Å². The number of alkyl halides is 3. The van der Waals surface area contributed by atoms with Crippen LogP contribution < -0.4 is 15.4 Å². The molecular formula is C17H14F3IN2O2S. The number of carbonyl (C=O) groups is 1. The van der Waals surface area contributed by atoms with Crippen LogP contribution in [0.25, 0.3) is 0 Å². The molecular weight excluding hydrogens is 480 g/mol. The Labute approximate surface area is 167 Å². The number of aryl methyl sites for hydroxylation is 1. The maximum absolute atomic E-state index is 13.2. The number of para-hydroxylation sites is 1. The maximum Gasteiger partial charge on any atom is 0.418 e. The van der Waals surface area contributed by atoms with Crippen molar-refractivity contribution in [3.8, 4) is 5.75 Å². The van der Waals surface area contributed by atoms with Crippen molar-refractivity contribution in [2.24, 2.45) is 0 Å². The van der Waals surface area contributed by atoms with Crippen LogP contribution in [-0.4, -0.2) is 18.1 Å². The van der Waals surface area contributed by atoms with E-state index >= 15 is 0 Å². The van der Waals surface area contributed by atoms with E-state index in [0.717, 1.165) is 11.6 Å². The zero-order valence-corrected chi connectivity index (χ0v) is 16.7. The van der Waals surface area contributed by atoms with Gasteiger partial charge in [-0.2, -0.15) is 13.2 Å². The monoisotopic (exact) mass is 494 g/mol. The Bertz CT molecular complexity index is 856. The van der Waals surface area contributed by atoms with E-state index in [2.05, 4.69) is 10.6 Å². The van der Waals surface area contributed by atoms with Crippen molar-refractivity contribution >= 4 is 51.5 Å². The van der Waals surface area contributed by atoms with Crippen molar-refractivity contribution < 1.29 is 22.7 Å². The molecule has 9 heteroatoms. The zero-order valence-electron chi connectivity index (χ0n) is 13.7. The number of amides is 1. The lowest BCUT2D eigenvalue weighted by Gasteiger charge is -2.16. The van der Waals surface area contributed by atoms with Crippen LogP contribution in [0.15, 0.2) is 36.4 Å². The third-order valence-electron chi connectivity index (χ3n) is 3.42. The molecule has 2 rings (SSSR count). The first-order chi connectivity index (χ1) is 12.1. The lowest BCUT2D eigenvalue weighted by atomic mass is 10.1. The average molecular weight is 494 g/mol.